The second-order valence-corrected chi connectivity index (χ2v) is 4.60. The maximum absolute atomic E-state index is 6.10. The average Bonchev–Trinajstić information content (AvgIpc) is 2.16. The van der Waals surface area contributed by atoms with Gasteiger partial charge in [-0.25, -0.2) is 0 Å². The molecule has 1 unspecified atom stereocenters. The van der Waals surface area contributed by atoms with Crippen molar-refractivity contribution in [3.05, 3.63) is 0 Å². The van der Waals surface area contributed by atoms with Crippen molar-refractivity contribution in [2.75, 3.05) is 6.54 Å². The summed E-state index contributed by atoms with van der Waals surface area (Å²) < 4.78 is 0. The fourth-order valence-electron chi connectivity index (χ4n) is 2.64. The number of rotatable bonds is 4. The molecule has 1 aliphatic carbocycles. The lowest BCUT2D eigenvalue weighted by Gasteiger charge is -2.41. The fourth-order valence-corrected chi connectivity index (χ4v) is 2.64. The van der Waals surface area contributed by atoms with Crippen LogP contribution in [0, 0.1) is 5.41 Å². The van der Waals surface area contributed by atoms with Crippen LogP contribution in [0.3, 0.4) is 0 Å². The molecule has 0 aromatic rings. The predicted octanol–water partition coefficient (Wildman–Crippen LogP) is 2.02. The summed E-state index contributed by atoms with van der Waals surface area (Å²) in [6.45, 7) is 2.98. The van der Waals surface area contributed by atoms with Gasteiger partial charge in [0.05, 0.1) is 0 Å². The van der Waals surface area contributed by atoms with Gasteiger partial charge in [-0.05, 0) is 44.6 Å². The highest BCUT2D eigenvalue weighted by Crippen LogP contribution is 2.42. The monoisotopic (exact) mass is 184 g/mol. The lowest BCUT2D eigenvalue weighted by atomic mass is 9.67. The van der Waals surface area contributed by atoms with Gasteiger partial charge >= 0.3 is 0 Å². The fraction of sp³-hybridized carbons (Fsp3) is 1.00. The number of hydrogen-bond donors (Lipinski definition) is 2. The molecule has 0 saturated heterocycles. The Kier molecular flexibility index (Phi) is 4.20. The second kappa shape index (κ2) is 4.97. The summed E-state index contributed by atoms with van der Waals surface area (Å²) in [5, 5.41) is 0. The molecule has 0 spiro atoms. The van der Waals surface area contributed by atoms with Crippen LogP contribution in [0.1, 0.15) is 51.9 Å². The molecule has 2 nitrogen and oxygen atoms in total. The van der Waals surface area contributed by atoms with Crippen molar-refractivity contribution in [3.63, 3.8) is 0 Å². The minimum Gasteiger partial charge on any atom is -0.330 e. The molecule has 0 bridgehead atoms. The molecule has 78 valence electrons. The first-order valence-corrected chi connectivity index (χ1v) is 5.67. The summed E-state index contributed by atoms with van der Waals surface area (Å²) in [6, 6.07) is 0.347. The quantitative estimate of drug-likeness (QED) is 0.702. The highest BCUT2D eigenvalue weighted by molar-refractivity contribution is 4.89. The predicted molar refractivity (Wildman–Crippen MR) is 57.5 cm³/mol. The maximum atomic E-state index is 6.10. The first kappa shape index (κ1) is 11.0. The van der Waals surface area contributed by atoms with E-state index in [1.165, 1.54) is 38.5 Å². The van der Waals surface area contributed by atoms with E-state index in [1.54, 1.807) is 0 Å². The Bertz CT molecular complexity index is 137. The Morgan fingerprint density at radius 2 is 1.85 bits per heavy atom. The van der Waals surface area contributed by atoms with E-state index in [2.05, 4.69) is 6.92 Å². The van der Waals surface area contributed by atoms with E-state index in [1.807, 2.05) is 0 Å². The Morgan fingerprint density at radius 3 is 2.31 bits per heavy atom. The minimum atomic E-state index is 0.347. The SMILES string of the molecule is CC(N)C1(CCCN)CCCCC1. The molecular weight excluding hydrogens is 160 g/mol. The molecule has 0 aromatic carbocycles. The zero-order chi connectivity index (χ0) is 9.73. The first-order chi connectivity index (χ1) is 6.21. The van der Waals surface area contributed by atoms with Crippen LogP contribution in [0.25, 0.3) is 0 Å². The maximum Gasteiger partial charge on any atom is 0.00670 e. The van der Waals surface area contributed by atoms with Gasteiger partial charge in [0, 0.05) is 6.04 Å². The topological polar surface area (TPSA) is 52.0 Å². The van der Waals surface area contributed by atoms with E-state index in [-0.39, 0.29) is 0 Å². The molecule has 4 N–H and O–H groups in total. The van der Waals surface area contributed by atoms with E-state index in [0.29, 0.717) is 11.5 Å². The third-order valence-electron chi connectivity index (χ3n) is 3.69. The number of nitrogens with two attached hydrogens (primary N) is 2. The van der Waals surface area contributed by atoms with Crippen LogP contribution in [0.15, 0.2) is 0 Å². The summed E-state index contributed by atoms with van der Waals surface area (Å²) in [5.41, 5.74) is 12.1. The largest absolute Gasteiger partial charge is 0.330 e. The van der Waals surface area contributed by atoms with E-state index < -0.39 is 0 Å². The van der Waals surface area contributed by atoms with E-state index in [9.17, 15) is 0 Å². The average molecular weight is 184 g/mol. The van der Waals surface area contributed by atoms with Crippen molar-refractivity contribution in [1.29, 1.82) is 0 Å². The van der Waals surface area contributed by atoms with Crippen molar-refractivity contribution < 1.29 is 0 Å². The van der Waals surface area contributed by atoms with Crippen LogP contribution in [0.2, 0.25) is 0 Å². The molecule has 0 aliphatic heterocycles. The van der Waals surface area contributed by atoms with Crippen LogP contribution in [-0.2, 0) is 0 Å². The van der Waals surface area contributed by atoms with E-state index >= 15 is 0 Å². The van der Waals surface area contributed by atoms with Crippen LogP contribution in [0.4, 0.5) is 0 Å². The van der Waals surface area contributed by atoms with Crippen LogP contribution < -0.4 is 11.5 Å². The van der Waals surface area contributed by atoms with E-state index in [4.69, 9.17) is 11.5 Å². The van der Waals surface area contributed by atoms with Crippen LogP contribution in [0.5, 0.6) is 0 Å². The van der Waals surface area contributed by atoms with Crippen molar-refractivity contribution in [2.45, 2.75) is 57.9 Å². The summed E-state index contributed by atoms with van der Waals surface area (Å²) in [6.07, 6.45) is 9.16. The smallest absolute Gasteiger partial charge is 0.00670 e. The van der Waals surface area contributed by atoms with Gasteiger partial charge in [-0.1, -0.05) is 19.3 Å². The molecule has 1 fully saturated rings. The lowest BCUT2D eigenvalue weighted by molar-refractivity contribution is 0.136. The van der Waals surface area contributed by atoms with Gasteiger partial charge in [-0.3, -0.25) is 0 Å². The third-order valence-corrected chi connectivity index (χ3v) is 3.69. The van der Waals surface area contributed by atoms with Gasteiger partial charge in [0.1, 0.15) is 0 Å². The first-order valence-electron chi connectivity index (χ1n) is 5.67. The summed E-state index contributed by atoms with van der Waals surface area (Å²) in [4.78, 5) is 0. The van der Waals surface area contributed by atoms with Crippen molar-refractivity contribution in [3.8, 4) is 0 Å². The highest BCUT2D eigenvalue weighted by Gasteiger charge is 2.34. The van der Waals surface area contributed by atoms with Crippen molar-refractivity contribution in [1.82, 2.24) is 0 Å². The van der Waals surface area contributed by atoms with Crippen molar-refractivity contribution >= 4 is 0 Å². The lowest BCUT2D eigenvalue weighted by Crippen LogP contribution is -2.41. The number of hydrogen-bond acceptors (Lipinski definition) is 2. The minimum absolute atomic E-state index is 0.347. The Labute approximate surface area is 82.1 Å². The summed E-state index contributed by atoms with van der Waals surface area (Å²) in [5.74, 6) is 0. The zero-order valence-electron chi connectivity index (χ0n) is 8.89. The molecular formula is C11H24N2. The Balaban J connectivity index is 2.51. The van der Waals surface area contributed by atoms with Crippen LogP contribution in [-0.4, -0.2) is 12.6 Å². The molecule has 1 saturated carbocycles. The molecule has 0 heterocycles. The Morgan fingerprint density at radius 1 is 1.23 bits per heavy atom. The van der Waals surface area contributed by atoms with Gasteiger partial charge < -0.3 is 11.5 Å². The molecule has 2 heteroatoms. The molecule has 1 rings (SSSR count). The normalized spacial score (nSPS) is 24.2. The van der Waals surface area contributed by atoms with Crippen LogP contribution >= 0.6 is 0 Å². The summed E-state index contributed by atoms with van der Waals surface area (Å²) in [7, 11) is 0. The second-order valence-electron chi connectivity index (χ2n) is 4.60. The third kappa shape index (κ3) is 2.68. The zero-order valence-corrected chi connectivity index (χ0v) is 8.89. The molecule has 1 atom stereocenters. The Hall–Kier alpha value is -0.0800. The molecule has 0 radical (unpaired) electrons. The van der Waals surface area contributed by atoms with Gasteiger partial charge in [-0.2, -0.15) is 0 Å². The van der Waals surface area contributed by atoms with E-state index in [0.717, 1.165) is 13.0 Å². The highest BCUT2D eigenvalue weighted by atomic mass is 14.7. The molecule has 1 aliphatic rings. The molecule has 13 heavy (non-hydrogen) atoms. The van der Waals surface area contributed by atoms with Gasteiger partial charge in [0.25, 0.3) is 0 Å². The van der Waals surface area contributed by atoms with Gasteiger partial charge in [0.2, 0.25) is 0 Å². The standard InChI is InChI=1S/C11H24N2/c1-10(13)11(8-5-9-12)6-3-2-4-7-11/h10H,2-9,12-13H2,1H3. The van der Waals surface area contributed by atoms with Gasteiger partial charge in [-0.15, -0.1) is 0 Å². The summed E-state index contributed by atoms with van der Waals surface area (Å²) >= 11 is 0. The van der Waals surface area contributed by atoms with Gasteiger partial charge in [0.15, 0.2) is 0 Å². The van der Waals surface area contributed by atoms with Crippen molar-refractivity contribution in [2.24, 2.45) is 16.9 Å². The molecule has 0 amide bonds. The molecule has 0 aromatic heterocycles.